The molecule has 0 spiro atoms. The van der Waals surface area contributed by atoms with E-state index in [1.165, 1.54) is 0 Å². The smallest absolute Gasteiger partial charge is 0.253 e. The van der Waals surface area contributed by atoms with Crippen LogP contribution < -0.4 is 5.73 Å². The van der Waals surface area contributed by atoms with Crippen LogP contribution in [0.15, 0.2) is 18.2 Å². The maximum atomic E-state index is 12.2. The Hall–Kier alpha value is -1.56. The van der Waals surface area contributed by atoms with Crippen LogP contribution in [0.5, 0.6) is 0 Å². The molecule has 1 fully saturated rings. The molecule has 1 amide bonds. The Morgan fingerprint density at radius 2 is 1.89 bits per heavy atom. The third-order valence-electron chi connectivity index (χ3n) is 3.15. The van der Waals surface area contributed by atoms with Gasteiger partial charge in [0, 0.05) is 24.3 Å². The standard InChI is InChI=1S/C12H16N2O3S/c1-9-8-10(2-3-11(9)13)12(15)14-4-6-18(16,17)7-5-14/h2-3,8H,4-7,13H2,1H3. The van der Waals surface area contributed by atoms with Gasteiger partial charge in [0.1, 0.15) is 0 Å². The van der Waals surface area contributed by atoms with Crippen LogP contribution in [0, 0.1) is 6.92 Å². The lowest BCUT2D eigenvalue weighted by molar-refractivity contribution is 0.0770. The molecule has 0 aliphatic carbocycles. The SMILES string of the molecule is Cc1cc(C(=O)N2CCS(=O)(=O)CC2)ccc1N. The molecule has 1 aliphatic heterocycles. The van der Waals surface area contributed by atoms with Gasteiger partial charge >= 0.3 is 0 Å². The average Bonchev–Trinajstić information content (AvgIpc) is 2.32. The molecule has 5 nitrogen and oxygen atoms in total. The average molecular weight is 268 g/mol. The summed E-state index contributed by atoms with van der Waals surface area (Å²) in [5.41, 5.74) is 7.75. The molecule has 2 N–H and O–H groups in total. The second-order valence-electron chi connectivity index (χ2n) is 4.52. The first-order chi connectivity index (χ1) is 8.39. The largest absolute Gasteiger partial charge is 0.399 e. The predicted molar refractivity (Wildman–Crippen MR) is 70.1 cm³/mol. The van der Waals surface area contributed by atoms with Crippen LogP contribution in [-0.4, -0.2) is 43.8 Å². The minimum atomic E-state index is -2.96. The van der Waals surface area contributed by atoms with E-state index >= 15 is 0 Å². The molecule has 1 aromatic carbocycles. The van der Waals surface area contributed by atoms with E-state index in [1.807, 2.05) is 6.92 Å². The van der Waals surface area contributed by atoms with E-state index in [1.54, 1.807) is 23.1 Å². The molecule has 1 aliphatic rings. The Morgan fingerprint density at radius 3 is 2.44 bits per heavy atom. The van der Waals surface area contributed by atoms with Gasteiger partial charge in [-0.3, -0.25) is 4.79 Å². The molecule has 0 bridgehead atoms. The van der Waals surface area contributed by atoms with Gasteiger partial charge in [-0.1, -0.05) is 0 Å². The monoisotopic (exact) mass is 268 g/mol. The van der Waals surface area contributed by atoms with Crippen LogP contribution in [-0.2, 0) is 9.84 Å². The Morgan fingerprint density at radius 1 is 1.28 bits per heavy atom. The topological polar surface area (TPSA) is 80.5 Å². The fourth-order valence-electron chi connectivity index (χ4n) is 1.91. The van der Waals surface area contributed by atoms with Crippen molar-refractivity contribution in [3.8, 4) is 0 Å². The number of carbonyl (C=O) groups excluding carboxylic acids is 1. The van der Waals surface area contributed by atoms with Gasteiger partial charge in [-0.05, 0) is 30.7 Å². The van der Waals surface area contributed by atoms with Crippen LogP contribution in [0.4, 0.5) is 5.69 Å². The number of nitrogens with zero attached hydrogens (tertiary/aromatic N) is 1. The number of hydrogen-bond acceptors (Lipinski definition) is 4. The predicted octanol–water partition coefficient (Wildman–Crippen LogP) is 0.448. The van der Waals surface area contributed by atoms with Crippen LogP contribution in [0.2, 0.25) is 0 Å². The summed E-state index contributed by atoms with van der Waals surface area (Å²) in [4.78, 5) is 13.7. The number of nitrogens with two attached hydrogens (primary N) is 1. The molecule has 6 heteroatoms. The van der Waals surface area contributed by atoms with Crippen molar-refractivity contribution in [2.24, 2.45) is 0 Å². The lowest BCUT2D eigenvalue weighted by atomic mass is 10.1. The number of benzene rings is 1. The Labute approximate surface area is 107 Å². The highest BCUT2D eigenvalue weighted by Crippen LogP contribution is 2.15. The lowest BCUT2D eigenvalue weighted by Crippen LogP contribution is -2.43. The van der Waals surface area contributed by atoms with Crippen molar-refractivity contribution >= 4 is 21.4 Å². The van der Waals surface area contributed by atoms with Crippen LogP contribution in [0.25, 0.3) is 0 Å². The number of anilines is 1. The number of amides is 1. The highest BCUT2D eigenvalue weighted by Gasteiger charge is 2.25. The second kappa shape index (κ2) is 4.61. The van der Waals surface area contributed by atoms with Gasteiger partial charge in [0.2, 0.25) is 0 Å². The second-order valence-corrected chi connectivity index (χ2v) is 6.82. The Balaban J connectivity index is 2.15. The third-order valence-corrected chi connectivity index (χ3v) is 4.76. The third kappa shape index (κ3) is 2.64. The maximum absolute atomic E-state index is 12.2. The molecule has 18 heavy (non-hydrogen) atoms. The molecule has 1 heterocycles. The summed E-state index contributed by atoms with van der Waals surface area (Å²) in [5.74, 6) is -0.0349. The minimum Gasteiger partial charge on any atom is -0.399 e. The van der Waals surface area contributed by atoms with Gasteiger partial charge in [-0.25, -0.2) is 8.42 Å². The highest BCUT2D eigenvalue weighted by molar-refractivity contribution is 7.91. The zero-order valence-electron chi connectivity index (χ0n) is 10.2. The van der Waals surface area contributed by atoms with E-state index in [4.69, 9.17) is 5.73 Å². The van der Waals surface area contributed by atoms with Gasteiger partial charge in [-0.2, -0.15) is 0 Å². The summed E-state index contributed by atoms with van der Waals surface area (Å²) >= 11 is 0. The maximum Gasteiger partial charge on any atom is 0.253 e. The number of hydrogen-bond donors (Lipinski definition) is 1. The summed E-state index contributed by atoms with van der Waals surface area (Å²) in [6, 6.07) is 5.11. The van der Waals surface area contributed by atoms with Crippen molar-refractivity contribution < 1.29 is 13.2 Å². The molecule has 2 rings (SSSR count). The summed E-state index contributed by atoms with van der Waals surface area (Å²) in [5, 5.41) is 0. The van der Waals surface area contributed by atoms with Gasteiger partial charge in [-0.15, -0.1) is 0 Å². The van der Waals surface area contributed by atoms with Crippen molar-refractivity contribution in [2.45, 2.75) is 6.92 Å². The Bertz CT molecular complexity index is 567. The molecule has 0 aromatic heterocycles. The zero-order chi connectivity index (χ0) is 13.3. The van der Waals surface area contributed by atoms with Gasteiger partial charge < -0.3 is 10.6 Å². The molecule has 1 aromatic rings. The quantitative estimate of drug-likeness (QED) is 0.750. The van der Waals surface area contributed by atoms with Crippen molar-refractivity contribution in [3.63, 3.8) is 0 Å². The summed E-state index contributed by atoms with van der Waals surface area (Å²) < 4.78 is 22.6. The molecular formula is C12H16N2O3S. The highest BCUT2D eigenvalue weighted by atomic mass is 32.2. The van der Waals surface area contributed by atoms with Gasteiger partial charge in [0.25, 0.3) is 5.91 Å². The summed E-state index contributed by atoms with van der Waals surface area (Å²) in [7, 11) is -2.96. The van der Waals surface area contributed by atoms with E-state index in [0.29, 0.717) is 11.3 Å². The molecule has 1 saturated heterocycles. The van der Waals surface area contributed by atoms with Crippen LogP contribution >= 0.6 is 0 Å². The zero-order valence-corrected chi connectivity index (χ0v) is 11.0. The molecule has 0 radical (unpaired) electrons. The van der Waals surface area contributed by atoms with Crippen molar-refractivity contribution in [3.05, 3.63) is 29.3 Å². The fraction of sp³-hybridized carbons (Fsp3) is 0.417. The summed E-state index contributed by atoms with van der Waals surface area (Å²) in [6.45, 7) is 2.38. The molecule has 0 atom stereocenters. The summed E-state index contributed by atoms with van der Waals surface area (Å²) in [6.07, 6.45) is 0. The van der Waals surface area contributed by atoms with Gasteiger partial charge in [0.05, 0.1) is 11.5 Å². The Kier molecular flexibility index (Phi) is 3.30. The van der Waals surface area contributed by atoms with E-state index in [0.717, 1.165) is 5.56 Å². The molecular weight excluding hydrogens is 252 g/mol. The number of carbonyl (C=O) groups is 1. The number of sulfone groups is 1. The van der Waals surface area contributed by atoms with E-state index in [2.05, 4.69) is 0 Å². The van der Waals surface area contributed by atoms with E-state index in [9.17, 15) is 13.2 Å². The van der Waals surface area contributed by atoms with Crippen LogP contribution in [0.1, 0.15) is 15.9 Å². The first kappa shape index (κ1) is 12.9. The van der Waals surface area contributed by atoms with Crippen LogP contribution in [0.3, 0.4) is 0 Å². The fourth-order valence-corrected chi connectivity index (χ4v) is 3.11. The van der Waals surface area contributed by atoms with E-state index < -0.39 is 9.84 Å². The van der Waals surface area contributed by atoms with Crippen molar-refractivity contribution in [1.29, 1.82) is 0 Å². The number of rotatable bonds is 1. The first-order valence-corrected chi connectivity index (χ1v) is 7.57. The molecule has 0 unspecified atom stereocenters. The van der Waals surface area contributed by atoms with E-state index in [-0.39, 0.29) is 30.5 Å². The van der Waals surface area contributed by atoms with Crippen molar-refractivity contribution in [2.75, 3.05) is 30.3 Å². The molecule has 0 saturated carbocycles. The number of aryl methyl sites for hydroxylation is 1. The first-order valence-electron chi connectivity index (χ1n) is 5.75. The van der Waals surface area contributed by atoms with Gasteiger partial charge in [0.15, 0.2) is 9.84 Å². The van der Waals surface area contributed by atoms with Crippen molar-refractivity contribution in [1.82, 2.24) is 4.90 Å². The molecule has 98 valence electrons. The normalized spacial score (nSPS) is 18.6. The number of nitrogen functional groups attached to an aromatic ring is 1. The minimum absolute atomic E-state index is 0.0483. The lowest BCUT2D eigenvalue weighted by Gasteiger charge is -2.26.